The fraction of sp³-hybridized carbons (Fsp3) is 0.700. The fourth-order valence-corrected chi connectivity index (χ4v) is 4.33. The van der Waals surface area contributed by atoms with E-state index >= 15 is 0 Å². The quantitative estimate of drug-likeness (QED) is 0.779. The Labute approximate surface area is 134 Å². The summed E-state index contributed by atoms with van der Waals surface area (Å²) in [6.07, 6.45) is 8.34. The van der Waals surface area contributed by atoms with Gasteiger partial charge in [0.15, 0.2) is 0 Å². The molecule has 3 aliphatic rings. The first kappa shape index (κ1) is 14.6. The van der Waals surface area contributed by atoms with E-state index in [1.165, 1.54) is 62.7 Å². The Morgan fingerprint density at radius 2 is 1.73 bits per heavy atom. The second-order valence-electron chi connectivity index (χ2n) is 7.76. The van der Waals surface area contributed by atoms with Crippen LogP contribution in [0.5, 0.6) is 5.75 Å². The summed E-state index contributed by atoms with van der Waals surface area (Å²) >= 11 is 0. The van der Waals surface area contributed by atoms with E-state index in [1.54, 1.807) is 7.11 Å². The number of rotatable bonds is 6. The third-order valence-electron chi connectivity index (χ3n) is 6.00. The van der Waals surface area contributed by atoms with Crippen molar-refractivity contribution >= 4 is 0 Å². The Bertz CT molecular complexity index is 519. The molecule has 0 aromatic heterocycles. The van der Waals surface area contributed by atoms with Crippen LogP contribution in [0.1, 0.15) is 56.1 Å². The van der Waals surface area contributed by atoms with Gasteiger partial charge in [0.25, 0.3) is 0 Å². The van der Waals surface area contributed by atoms with Gasteiger partial charge in [0.2, 0.25) is 0 Å². The molecule has 2 fully saturated rings. The molecule has 0 saturated heterocycles. The molecule has 3 aliphatic carbocycles. The van der Waals surface area contributed by atoms with Crippen molar-refractivity contribution in [3.63, 3.8) is 0 Å². The first-order valence-electron chi connectivity index (χ1n) is 9.16. The van der Waals surface area contributed by atoms with Crippen LogP contribution in [-0.4, -0.2) is 31.1 Å². The number of hydrogen-bond acceptors (Lipinski definition) is 2. The second kappa shape index (κ2) is 5.88. The van der Waals surface area contributed by atoms with Gasteiger partial charge < -0.3 is 4.74 Å². The van der Waals surface area contributed by atoms with Crippen LogP contribution >= 0.6 is 0 Å². The molecule has 2 nitrogen and oxygen atoms in total. The van der Waals surface area contributed by atoms with Gasteiger partial charge in [0.05, 0.1) is 7.11 Å². The summed E-state index contributed by atoms with van der Waals surface area (Å²) in [5.41, 5.74) is 3.00. The molecule has 0 N–H and O–H groups in total. The lowest BCUT2D eigenvalue weighted by atomic mass is 9.79. The number of ether oxygens (including phenoxy) is 1. The zero-order valence-corrected chi connectivity index (χ0v) is 14.1. The zero-order chi connectivity index (χ0) is 15.1. The SMILES string of the molecule is COc1cccc2c1CC[C@H](N(CC1CC1)CC1CC1)[C@@H]2C. The van der Waals surface area contributed by atoms with Gasteiger partial charge in [0, 0.05) is 19.1 Å². The molecule has 4 rings (SSSR count). The lowest BCUT2D eigenvalue weighted by Gasteiger charge is -2.40. The summed E-state index contributed by atoms with van der Waals surface area (Å²) in [6.45, 7) is 5.14. The maximum Gasteiger partial charge on any atom is 0.122 e. The first-order valence-corrected chi connectivity index (χ1v) is 9.16. The first-order chi connectivity index (χ1) is 10.8. The van der Waals surface area contributed by atoms with Crippen molar-refractivity contribution in [3.05, 3.63) is 29.3 Å². The highest BCUT2D eigenvalue weighted by molar-refractivity contribution is 5.44. The fourth-order valence-electron chi connectivity index (χ4n) is 4.33. The van der Waals surface area contributed by atoms with Crippen LogP contribution in [0.25, 0.3) is 0 Å². The van der Waals surface area contributed by atoms with E-state index in [0.717, 1.165) is 23.6 Å². The number of methoxy groups -OCH3 is 1. The minimum Gasteiger partial charge on any atom is -0.496 e. The second-order valence-corrected chi connectivity index (χ2v) is 7.76. The van der Waals surface area contributed by atoms with Crippen molar-refractivity contribution in [2.24, 2.45) is 11.8 Å². The predicted octanol–water partition coefficient (Wildman–Crippen LogP) is 4.24. The Kier molecular flexibility index (Phi) is 3.89. The van der Waals surface area contributed by atoms with Gasteiger partial charge in [-0.3, -0.25) is 4.90 Å². The minimum atomic E-state index is 0.636. The third kappa shape index (κ3) is 2.90. The lowest BCUT2D eigenvalue weighted by molar-refractivity contribution is 0.145. The summed E-state index contributed by atoms with van der Waals surface area (Å²) in [5.74, 6) is 3.73. The molecule has 2 heteroatoms. The van der Waals surface area contributed by atoms with E-state index in [0.29, 0.717) is 5.92 Å². The maximum atomic E-state index is 5.59. The van der Waals surface area contributed by atoms with Gasteiger partial charge in [-0.25, -0.2) is 0 Å². The topological polar surface area (TPSA) is 12.5 Å². The molecular formula is C20H29NO. The molecule has 2 saturated carbocycles. The Morgan fingerprint density at radius 3 is 2.32 bits per heavy atom. The van der Waals surface area contributed by atoms with Gasteiger partial charge >= 0.3 is 0 Å². The van der Waals surface area contributed by atoms with E-state index in [9.17, 15) is 0 Å². The average molecular weight is 299 g/mol. The molecule has 0 unspecified atom stereocenters. The van der Waals surface area contributed by atoms with Gasteiger partial charge in [-0.15, -0.1) is 0 Å². The van der Waals surface area contributed by atoms with Crippen molar-refractivity contribution in [2.45, 2.75) is 57.4 Å². The van der Waals surface area contributed by atoms with Gasteiger partial charge in [-0.1, -0.05) is 19.1 Å². The number of benzene rings is 1. The standard InChI is InChI=1S/C20H29NO/c1-14-17-4-3-5-20(22-2)18(17)10-11-19(14)21(12-15-6-7-15)13-16-8-9-16/h3-5,14-16,19H,6-13H2,1-2H3/t14-,19+/m1/s1. The van der Waals surface area contributed by atoms with E-state index < -0.39 is 0 Å². The summed E-state index contributed by atoms with van der Waals surface area (Å²) in [4.78, 5) is 2.86. The van der Waals surface area contributed by atoms with Gasteiger partial charge in [-0.2, -0.15) is 0 Å². The van der Waals surface area contributed by atoms with Gasteiger partial charge in [-0.05, 0) is 73.5 Å². The van der Waals surface area contributed by atoms with Crippen LogP contribution in [0.2, 0.25) is 0 Å². The number of nitrogens with zero attached hydrogens (tertiary/aromatic N) is 1. The van der Waals surface area contributed by atoms with Crippen molar-refractivity contribution < 1.29 is 4.74 Å². The summed E-state index contributed by atoms with van der Waals surface area (Å²) in [7, 11) is 1.80. The number of fused-ring (bicyclic) bond motifs is 1. The minimum absolute atomic E-state index is 0.636. The highest BCUT2D eigenvalue weighted by atomic mass is 16.5. The van der Waals surface area contributed by atoms with Gasteiger partial charge in [0.1, 0.15) is 5.75 Å². The largest absolute Gasteiger partial charge is 0.496 e. The van der Waals surface area contributed by atoms with E-state index in [1.807, 2.05) is 0 Å². The molecule has 2 atom stereocenters. The van der Waals surface area contributed by atoms with E-state index in [4.69, 9.17) is 4.74 Å². The molecule has 0 heterocycles. The molecule has 22 heavy (non-hydrogen) atoms. The summed E-state index contributed by atoms with van der Waals surface area (Å²) < 4.78 is 5.59. The van der Waals surface area contributed by atoms with Crippen molar-refractivity contribution in [1.82, 2.24) is 4.90 Å². The molecule has 1 aromatic carbocycles. The van der Waals surface area contributed by atoms with Crippen molar-refractivity contribution in [1.29, 1.82) is 0 Å². The molecule has 120 valence electrons. The van der Waals surface area contributed by atoms with Crippen LogP contribution in [0.15, 0.2) is 18.2 Å². The molecule has 0 amide bonds. The van der Waals surface area contributed by atoms with Crippen LogP contribution in [0.4, 0.5) is 0 Å². The Balaban J connectivity index is 1.55. The van der Waals surface area contributed by atoms with Crippen LogP contribution < -0.4 is 4.74 Å². The van der Waals surface area contributed by atoms with Crippen LogP contribution in [-0.2, 0) is 6.42 Å². The predicted molar refractivity (Wildman–Crippen MR) is 90.5 cm³/mol. The Morgan fingerprint density at radius 1 is 1.05 bits per heavy atom. The molecule has 0 spiro atoms. The molecule has 0 radical (unpaired) electrons. The average Bonchev–Trinajstić information content (AvgIpc) is 3.43. The third-order valence-corrected chi connectivity index (χ3v) is 6.00. The molecule has 0 bridgehead atoms. The zero-order valence-electron chi connectivity index (χ0n) is 14.1. The normalized spacial score (nSPS) is 27.8. The van der Waals surface area contributed by atoms with E-state index in [2.05, 4.69) is 30.0 Å². The maximum absolute atomic E-state index is 5.59. The number of hydrogen-bond donors (Lipinski definition) is 0. The monoisotopic (exact) mass is 299 g/mol. The highest BCUT2D eigenvalue weighted by Gasteiger charge is 2.37. The summed E-state index contributed by atoms with van der Waals surface area (Å²) in [6, 6.07) is 7.36. The highest BCUT2D eigenvalue weighted by Crippen LogP contribution is 2.42. The molecule has 1 aromatic rings. The van der Waals surface area contributed by atoms with Crippen LogP contribution in [0, 0.1) is 11.8 Å². The molecular weight excluding hydrogens is 270 g/mol. The van der Waals surface area contributed by atoms with Crippen molar-refractivity contribution in [3.8, 4) is 5.75 Å². The lowest BCUT2D eigenvalue weighted by Crippen LogP contribution is -2.43. The molecule has 0 aliphatic heterocycles. The Hall–Kier alpha value is -1.02. The van der Waals surface area contributed by atoms with E-state index in [-0.39, 0.29) is 0 Å². The van der Waals surface area contributed by atoms with Crippen molar-refractivity contribution in [2.75, 3.05) is 20.2 Å². The smallest absolute Gasteiger partial charge is 0.122 e. The summed E-state index contributed by atoms with van der Waals surface area (Å²) in [5, 5.41) is 0. The van der Waals surface area contributed by atoms with Crippen LogP contribution in [0.3, 0.4) is 0 Å².